The van der Waals surface area contributed by atoms with E-state index < -0.39 is 23.8 Å². The Bertz CT molecular complexity index is 918. The molecule has 0 aliphatic rings. The molecule has 1 unspecified atom stereocenters. The normalized spacial score (nSPS) is 12.8. The van der Waals surface area contributed by atoms with Crippen LogP contribution in [0.5, 0.6) is 17.4 Å². The van der Waals surface area contributed by atoms with Crippen LogP contribution in [0.1, 0.15) is 26.3 Å². The third-order valence-corrected chi connectivity index (χ3v) is 4.14. The Morgan fingerprint density at radius 1 is 1.23 bits per heavy atom. The van der Waals surface area contributed by atoms with Gasteiger partial charge in [-0.2, -0.15) is 13.2 Å². The number of nitrogens with one attached hydrogen (secondary N) is 1. The Kier molecular flexibility index (Phi) is 8.56. The number of alkyl halides is 3. The zero-order valence-electron chi connectivity index (χ0n) is 17.1. The van der Waals surface area contributed by atoms with Gasteiger partial charge < -0.3 is 19.5 Å². The highest BCUT2D eigenvalue weighted by atomic mass is 35.5. The fourth-order valence-corrected chi connectivity index (χ4v) is 2.65. The molecule has 31 heavy (non-hydrogen) atoms. The molecule has 1 aromatic heterocycles. The fraction of sp³-hybridized carbons (Fsp3) is 0.333. The van der Waals surface area contributed by atoms with Crippen LogP contribution in [0.15, 0.2) is 48.3 Å². The lowest BCUT2D eigenvalue weighted by Crippen LogP contribution is -2.27. The summed E-state index contributed by atoms with van der Waals surface area (Å²) < 4.78 is 54.3. The number of hydrogen-bond donors (Lipinski definition) is 1. The van der Waals surface area contributed by atoms with Crippen molar-refractivity contribution in [2.75, 3.05) is 13.2 Å². The van der Waals surface area contributed by atoms with Crippen molar-refractivity contribution in [3.63, 3.8) is 0 Å². The molecular formula is C21H22ClF3N2O4. The maximum atomic E-state index is 12.7. The van der Waals surface area contributed by atoms with Gasteiger partial charge in [0.05, 0.1) is 17.9 Å². The van der Waals surface area contributed by atoms with Gasteiger partial charge in [0, 0.05) is 18.8 Å². The molecule has 2 rings (SSSR count). The van der Waals surface area contributed by atoms with E-state index in [-0.39, 0.29) is 17.5 Å². The predicted molar refractivity (Wildman–Crippen MR) is 109 cm³/mol. The number of carbonyl (C=O) groups is 1. The molecule has 1 aromatic carbocycles. The first kappa shape index (κ1) is 24.3. The van der Waals surface area contributed by atoms with Gasteiger partial charge in [0.15, 0.2) is 0 Å². The standard InChI is InChI=1S/C21H22ClF3N2O4/c1-4-26-18(11-19(28)29-5-2)13(3)30-15-6-8-16(9-7-15)31-20-17(22)10-14(12-27-20)21(23,24)25/h6-13,26H,4-5H2,1-3H3. The molecule has 1 N–H and O–H groups in total. The van der Waals surface area contributed by atoms with Gasteiger partial charge in [-0.15, -0.1) is 0 Å². The van der Waals surface area contributed by atoms with E-state index in [2.05, 4.69) is 10.3 Å². The molecule has 168 valence electrons. The number of ether oxygens (including phenoxy) is 3. The van der Waals surface area contributed by atoms with Gasteiger partial charge in [-0.05, 0) is 51.1 Å². The maximum Gasteiger partial charge on any atom is 0.417 e. The maximum absolute atomic E-state index is 12.7. The molecule has 6 nitrogen and oxygen atoms in total. The molecule has 0 radical (unpaired) electrons. The van der Waals surface area contributed by atoms with Gasteiger partial charge >= 0.3 is 12.1 Å². The van der Waals surface area contributed by atoms with Crippen LogP contribution in [0.25, 0.3) is 0 Å². The number of likely N-dealkylation sites (N-methyl/N-ethyl adjacent to an activating group) is 1. The lowest BCUT2D eigenvalue weighted by molar-refractivity contribution is -0.138. The molecule has 0 saturated carbocycles. The molecule has 0 saturated heterocycles. The van der Waals surface area contributed by atoms with Crippen LogP contribution in [0.2, 0.25) is 5.02 Å². The van der Waals surface area contributed by atoms with Gasteiger partial charge in [-0.25, -0.2) is 9.78 Å². The van der Waals surface area contributed by atoms with Gasteiger partial charge in [0.25, 0.3) is 0 Å². The van der Waals surface area contributed by atoms with Gasteiger partial charge in [-0.1, -0.05) is 11.6 Å². The smallest absolute Gasteiger partial charge is 0.417 e. The van der Waals surface area contributed by atoms with E-state index in [1.165, 1.54) is 6.08 Å². The zero-order valence-corrected chi connectivity index (χ0v) is 17.9. The average molecular weight is 459 g/mol. The number of pyridine rings is 1. The highest BCUT2D eigenvalue weighted by Crippen LogP contribution is 2.34. The van der Waals surface area contributed by atoms with Crippen LogP contribution in [-0.4, -0.2) is 30.2 Å². The van der Waals surface area contributed by atoms with Crippen LogP contribution in [0.3, 0.4) is 0 Å². The summed E-state index contributed by atoms with van der Waals surface area (Å²) in [6.45, 7) is 6.23. The monoisotopic (exact) mass is 458 g/mol. The topological polar surface area (TPSA) is 69.7 Å². The minimum Gasteiger partial charge on any atom is -0.485 e. The van der Waals surface area contributed by atoms with Crippen molar-refractivity contribution in [2.24, 2.45) is 0 Å². The Morgan fingerprint density at radius 3 is 2.42 bits per heavy atom. The molecule has 0 bridgehead atoms. The molecule has 1 atom stereocenters. The molecular weight excluding hydrogens is 437 g/mol. The van der Waals surface area contributed by atoms with Crippen LogP contribution >= 0.6 is 11.6 Å². The second-order valence-electron chi connectivity index (χ2n) is 6.22. The molecule has 2 aromatic rings. The van der Waals surface area contributed by atoms with Gasteiger partial charge in [0.2, 0.25) is 5.88 Å². The quantitative estimate of drug-likeness (QED) is 0.402. The number of halogens is 4. The van der Waals surface area contributed by atoms with E-state index in [4.69, 9.17) is 25.8 Å². The fourth-order valence-electron chi connectivity index (χ4n) is 2.45. The number of nitrogens with zero attached hydrogens (tertiary/aromatic N) is 1. The first-order chi connectivity index (χ1) is 14.6. The molecule has 10 heteroatoms. The van der Waals surface area contributed by atoms with Crippen molar-refractivity contribution in [3.05, 3.63) is 58.9 Å². The second-order valence-corrected chi connectivity index (χ2v) is 6.63. The van der Waals surface area contributed by atoms with Crippen LogP contribution in [-0.2, 0) is 15.7 Å². The van der Waals surface area contributed by atoms with Crippen molar-refractivity contribution in [2.45, 2.75) is 33.1 Å². The summed E-state index contributed by atoms with van der Waals surface area (Å²) in [4.78, 5) is 15.3. The molecule has 0 aliphatic carbocycles. The molecule has 0 fully saturated rings. The number of benzene rings is 1. The van der Waals surface area contributed by atoms with Crippen molar-refractivity contribution in [3.8, 4) is 17.4 Å². The number of carbonyl (C=O) groups excluding carboxylic acids is 1. The third-order valence-electron chi connectivity index (χ3n) is 3.86. The zero-order chi connectivity index (χ0) is 23.0. The van der Waals surface area contributed by atoms with Crippen molar-refractivity contribution in [1.82, 2.24) is 10.3 Å². The molecule has 0 aliphatic heterocycles. The summed E-state index contributed by atoms with van der Waals surface area (Å²) in [6, 6.07) is 7.08. The Hall–Kier alpha value is -2.94. The summed E-state index contributed by atoms with van der Waals surface area (Å²) in [7, 11) is 0. The number of rotatable bonds is 9. The predicted octanol–water partition coefficient (Wildman–Crippen LogP) is 5.37. The van der Waals surface area contributed by atoms with Crippen molar-refractivity contribution < 1.29 is 32.2 Å². The van der Waals surface area contributed by atoms with Crippen LogP contribution in [0.4, 0.5) is 13.2 Å². The van der Waals surface area contributed by atoms with E-state index in [9.17, 15) is 18.0 Å². The average Bonchev–Trinajstić information content (AvgIpc) is 2.70. The lowest BCUT2D eigenvalue weighted by atomic mass is 10.2. The minimum atomic E-state index is -4.54. The van der Waals surface area contributed by atoms with E-state index >= 15 is 0 Å². The summed E-state index contributed by atoms with van der Waals surface area (Å²) in [6.07, 6.45) is -3.02. The molecule has 0 spiro atoms. The number of aromatic nitrogens is 1. The molecule has 0 amide bonds. The summed E-state index contributed by atoms with van der Waals surface area (Å²) >= 11 is 5.85. The summed E-state index contributed by atoms with van der Waals surface area (Å²) in [5, 5.41) is 2.80. The van der Waals surface area contributed by atoms with E-state index in [0.29, 0.717) is 29.9 Å². The van der Waals surface area contributed by atoms with E-state index in [0.717, 1.165) is 6.07 Å². The molecule has 1 heterocycles. The summed E-state index contributed by atoms with van der Waals surface area (Å²) in [5.41, 5.74) is -0.406. The van der Waals surface area contributed by atoms with Crippen molar-refractivity contribution in [1.29, 1.82) is 0 Å². The van der Waals surface area contributed by atoms with Crippen LogP contribution < -0.4 is 14.8 Å². The summed E-state index contributed by atoms with van der Waals surface area (Å²) in [5.74, 6) is 0.171. The third kappa shape index (κ3) is 7.36. The van der Waals surface area contributed by atoms with E-state index in [1.54, 1.807) is 38.1 Å². The second kappa shape index (κ2) is 10.9. The SMILES string of the molecule is CCNC(=CC(=O)OCC)C(C)Oc1ccc(Oc2ncc(C(F)(F)F)cc2Cl)cc1. The van der Waals surface area contributed by atoms with Gasteiger partial charge in [0.1, 0.15) is 22.6 Å². The highest BCUT2D eigenvalue weighted by molar-refractivity contribution is 6.31. The number of hydrogen-bond acceptors (Lipinski definition) is 6. The van der Waals surface area contributed by atoms with Crippen molar-refractivity contribution >= 4 is 17.6 Å². The largest absolute Gasteiger partial charge is 0.485 e. The van der Waals surface area contributed by atoms with Gasteiger partial charge in [-0.3, -0.25) is 0 Å². The Morgan fingerprint density at radius 2 is 1.87 bits per heavy atom. The Labute approximate surface area is 183 Å². The lowest BCUT2D eigenvalue weighted by Gasteiger charge is -2.19. The first-order valence-electron chi connectivity index (χ1n) is 9.43. The number of esters is 1. The highest BCUT2D eigenvalue weighted by Gasteiger charge is 2.31. The first-order valence-corrected chi connectivity index (χ1v) is 9.81. The van der Waals surface area contributed by atoms with Crippen LogP contribution in [0, 0.1) is 0 Å². The van der Waals surface area contributed by atoms with E-state index in [1.807, 2.05) is 6.92 Å². The minimum absolute atomic E-state index is 0.150. The Balaban J connectivity index is 2.07.